The van der Waals surface area contributed by atoms with Gasteiger partial charge in [0, 0.05) is 12.5 Å². The summed E-state index contributed by atoms with van der Waals surface area (Å²) in [4.78, 5) is 0. The van der Waals surface area contributed by atoms with Crippen LogP contribution in [0.1, 0.15) is 19.3 Å². The molecule has 0 saturated carbocycles. The van der Waals surface area contributed by atoms with Crippen LogP contribution in [0.3, 0.4) is 0 Å². The number of hydrogen-bond donors (Lipinski definition) is 1. The Hall–Kier alpha value is -0.900. The van der Waals surface area contributed by atoms with Crippen molar-refractivity contribution in [1.82, 2.24) is 0 Å². The normalized spacial score (nSPS) is 14.9. The van der Waals surface area contributed by atoms with Crippen LogP contribution in [-0.2, 0) is 0 Å². The van der Waals surface area contributed by atoms with Crippen LogP contribution in [-0.4, -0.2) is 18.4 Å². The first-order chi connectivity index (χ1) is 7.10. The molecule has 1 atom stereocenters. The molecule has 0 spiro atoms. The van der Waals surface area contributed by atoms with Crippen molar-refractivity contribution < 1.29 is 26.3 Å². The van der Waals surface area contributed by atoms with Gasteiger partial charge in [-0.2, -0.15) is 26.3 Å². The zero-order chi connectivity index (χ0) is 13.0. The molecule has 1 nitrogen and oxygen atoms in total. The number of alkyl halides is 6. The lowest BCUT2D eigenvalue weighted by Crippen LogP contribution is -2.48. The second-order valence-electron chi connectivity index (χ2n) is 3.32. The van der Waals surface area contributed by atoms with Crippen LogP contribution in [0.4, 0.5) is 26.3 Å². The van der Waals surface area contributed by atoms with E-state index in [2.05, 4.69) is 5.92 Å². The Morgan fingerprint density at radius 3 is 1.81 bits per heavy atom. The average Bonchev–Trinajstić information content (AvgIpc) is 1.98. The molecule has 1 unspecified atom stereocenters. The Balaban J connectivity index is 4.61. The van der Waals surface area contributed by atoms with Gasteiger partial charge < -0.3 is 5.73 Å². The molecule has 16 heavy (non-hydrogen) atoms. The van der Waals surface area contributed by atoms with Crippen molar-refractivity contribution in [2.45, 2.75) is 37.7 Å². The van der Waals surface area contributed by atoms with Gasteiger partial charge in [-0.1, -0.05) is 0 Å². The Bertz CT molecular complexity index is 234. The highest BCUT2D eigenvalue weighted by molar-refractivity contribution is 4.88. The van der Waals surface area contributed by atoms with E-state index in [1.54, 1.807) is 0 Å². The molecule has 0 amide bonds. The summed E-state index contributed by atoms with van der Waals surface area (Å²) in [5.41, 5.74) is 4.92. The van der Waals surface area contributed by atoms with Gasteiger partial charge in [0.2, 0.25) is 0 Å². The van der Waals surface area contributed by atoms with E-state index in [1.807, 2.05) is 0 Å². The highest BCUT2D eigenvalue weighted by Crippen LogP contribution is 2.41. The van der Waals surface area contributed by atoms with Crippen molar-refractivity contribution in [2.75, 3.05) is 0 Å². The van der Waals surface area contributed by atoms with Gasteiger partial charge in [0.25, 0.3) is 0 Å². The minimum absolute atomic E-state index is 0.0420. The second kappa shape index (κ2) is 5.43. The van der Waals surface area contributed by atoms with Crippen LogP contribution in [0.25, 0.3) is 0 Å². The Morgan fingerprint density at radius 1 is 1.06 bits per heavy atom. The lowest BCUT2D eigenvalue weighted by atomic mass is 9.94. The van der Waals surface area contributed by atoms with Gasteiger partial charge in [-0.05, 0) is 12.8 Å². The summed E-state index contributed by atoms with van der Waals surface area (Å²) in [6.07, 6.45) is -6.19. The van der Waals surface area contributed by atoms with Crippen LogP contribution in [0, 0.1) is 18.3 Å². The van der Waals surface area contributed by atoms with Crippen molar-refractivity contribution in [1.29, 1.82) is 0 Å². The molecular formula is C9H11F6N. The molecule has 94 valence electrons. The first kappa shape index (κ1) is 15.1. The molecule has 0 aromatic rings. The zero-order valence-corrected chi connectivity index (χ0v) is 8.20. The molecule has 2 N–H and O–H groups in total. The first-order valence-corrected chi connectivity index (χ1v) is 4.43. The van der Waals surface area contributed by atoms with Crippen molar-refractivity contribution in [3.05, 3.63) is 0 Å². The highest BCUT2D eigenvalue weighted by Gasteiger charge is 2.59. The molecule has 0 aromatic carbocycles. The van der Waals surface area contributed by atoms with Gasteiger partial charge in [0.1, 0.15) is 0 Å². The Morgan fingerprint density at radius 2 is 1.50 bits per heavy atom. The Kier molecular flexibility index (Phi) is 5.13. The molecule has 0 aliphatic heterocycles. The number of hydrogen-bond acceptors (Lipinski definition) is 1. The Labute approximate surface area is 89.0 Å². The quantitative estimate of drug-likeness (QED) is 0.461. The minimum atomic E-state index is -5.38. The SMILES string of the molecule is C#CCCCC(N)C(C(F)(F)F)C(F)(F)F. The molecule has 0 radical (unpaired) electrons. The van der Waals surface area contributed by atoms with E-state index in [-0.39, 0.29) is 12.8 Å². The maximum atomic E-state index is 12.1. The lowest BCUT2D eigenvalue weighted by molar-refractivity contribution is -0.289. The maximum Gasteiger partial charge on any atom is 0.401 e. The van der Waals surface area contributed by atoms with Gasteiger partial charge in [-0.3, -0.25) is 0 Å². The van der Waals surface area contributed by atoms with Crippen LogP contribution in [0.5, 0.6) is 0 Å². The molecule has 0 saturated heterocycles. The summed E-state index contributed by atoms with van der Waals surface area (Å²) in [6, 6.07) is -2.01. The molecular weight excluding hydrogens is 236 g/mol. The third-order valence-corrected chi connectivity index (χ3v) is 1.99. The van der Waals surface area contributed by atoms with E-state index >= 15 is 0 Å². The van der Waals surface area contributed by atoms with Crippen molar-refractivity contribution >= 4 is 0 Å². The van der Waals surface area contributed by atoms with Crippen LogP contribution in [0.2, 0.25) is 0 Å². The summed E-state index contributed by atoms with van der Waals surface area (Å²) < 4.78 is 72.8. The molecule has 0 fully saturated rings. The molecule has 0 aromatic heterocycles. The number of terminal acetylenes is 1. The molecule has 0 heterocycles. The topological polar surface area (TPSA) is 26.0 Å². The van der Waals surface area contributed by atoms with Crippen molar-refractivity contribution in [3.8, 4) is 12.3 Å². The lowest BCUT2D eigenvalue weighted by Gasteiger charge is -2.27. The van der Waals surface area contributed by atoms with Gasteiger partial charge in [-0.25, -0.2) is 0 Å². The number of rotatable bonds is 4. The average molecular weight is 247 g/mol. The van der Waals surface area contributed by atoms with Crippen LogP contribution >= 0.6 is 0 Å². The first-order valence-electron chi connectivity index (χ1n) is 4.43. The van der Waals surface area contributed by atoms with E-state index < -0.39 is 30.7 Å². The molecule has 0 rings (SSSR count). The van der Waals surface area contributed by atoms with E-state index in [9.17, 15) is 26.3 Å². The van der Waals surface area contributed by atoms with E-state index in [0.717, 1.165) is 0 Å². The highest BCUT2D eigenvalue weighted by atomic mass is 19.4. The number of nitrogens with two attached hydrogens (primary N) is 1. The van der Waals surface area contributed by atoms with Crippen molar-refractivity contribution in [2.24, 2.45) is 11.7 Å². The largest absolute Gasteiger partial charge is 0.401 e. The van der Waals surface area contributed by atoms with Gasteiger partial charge in [-0.15, -0.1) is 12.3 Å². The fraction of sp³-hybridized carbons (Fsp3) is 0.778. The summed E-state index contributed by atoms with van der Waals surface area (Å²) in [6.45, 7) is 0. The second-order valence-corrected chi connectivity index (χ2v) is 3.32. The summed E-state index contributed by atoms with van der Waals surface area (Å²) in [5.74, 6) is -1.37. The zero-order valence-electron chi connectivity index (χ0n) is 8.20. The summed E-state index contributed by atoms with van der Waals surface area (Å²) in [5, 5.41) is 0. The summed E-state index contributed by atoms with van der Waals surface area (Å²) >= 11 is 0. The smallest absolute Gasteiger partial charge is 0.327 e. The third kappa shape index (κ3) is 4.75. The summed E-state index contributed by atoms with van der Waals surface area (Å²) in [7, 11) is 0. The van der Waals surface area contributed by atoms with Crippen LogP contribution in [0.15, 0.2) is 0 Å². The predicted molar refractivity (Wildman–Crippen MR) is 46.3 cm³/mol. The fourth-order valence-corrected chi connectivity index (χ4v) is 1.28. The monoisotopic (exact) mass is 247 g/mol. The maximum absolute atomic E-state index is 12.1. The van der Waals surface area contributed by atoms with E-state index in [1.165, 1.54) is 0 Å². The fourth-order valence-electron chi connectivity index (χ4n) is 1.28. The van der Waals surface area contributed by atoms with E-state index in [0.29, 0.717) is 0 Å². The molecule has 0 aliphatic rings. The molecule has 0 bridgehead atoms. The third-order valence-electron chi connectivity index (χ3n) is 1.99. The van der Waals surface area contributed by atoms with Gasteiger partial charge in [0.05, 0.1) is 0 Å². The van der Waals surface area contributed by atoms with Gasteiger partial charge in [0.15, 0.2) is 5.92 Å². The van der Waals surface area contributed by atoms with Crippen molar-refractivity contribution in [3.63, 3.8) is 0 Å². The molecule has 0 aliphatic carbocycles. The predicted octanol–water partition coefficient (Wildman–Crippen LogP) is 2.86. The standard InChI is InChI=1S/C9H11F6N/c1-2-3-4-5-6(16)7(8(10,11)12)9(13,14)15/h1,6-7H,3-5,16H2. The minimum Gasteiger partial charge on any atom is -0.327 e. The number of halogens is 6. The van der Waals surface area contributed by atoms with Gasteiger partial charge >= 0.3 is 12.4 Å². The van der Waals surface area contributed by atoms with E-state index in [4.69, 9.17) is 12.2 Å². The number of unbranched alkanes of at least 4 members (excludes halogenated alkanes) is 1. The van der Waals surface area contributed by atoms with Crippen LogP contribution < -0.4 is 5.73 Å². The molecule has 7 heteroatoms.